The van der Waals surface area contributed by atoms with Crippen molar-refractivity contribution in [3.8, 4) is 5.75 Å². The van der Waals surface area contributed by atoms with Crippen molar-refractivity contribution in [2.75, 3.05) is 20.7 Å². The van der Waals surface area contributed by atoms with Gasteiger partial charge in [0.15, 0.2) is 0 Å². The molecule has 0 atom stereocenters. The van der Waals surface area contributed by atoms with Crippen molar-refractivity contribution < 1.29 is 4.74 Å². The monoisotopic (exact) mass is 264 g/mol. The fraction of sp³-hybridized carbons (Fsp3) is 0.625. The third kappa shape index (κ3) is 6.08. The zero-order valence-electron chi connectivity index (χ0n) is 13.0. The molecule has 0 aliphatic heterocycles. The van der Waals surface area contributed by atoms with Crippen LogP contribution in [0.2, 0.25) is 0 Å². The van der Waals surface area contributed by atoms with Gasteiger partial charge in [0.2, 0.25) is 0 Å². The molecule has 0 fully saturated rings. The highest BCUT2D eigenvalue weighted by molar-refractivity contribution is 5.36. The summed E-state index contributed by atoms with van der Waals surface area (Å²) in [5.41, 5.74) is 8.45. The van der Waals surface area contributed by atoms with Crippen molar-refractivity contribution in [3.05, 3.63) is 29.3 Å². The van der Waals surface area contributed by atoms with Crippen molar-refractivity contribution in [2.45, 2.75) is 45.7 Å². The van der Waals surface area contributed by atoms with E-state index >= 15 is 0 Å². The number of benzene rings is 1. The molecular formula is C16H28N2O. The molecule has 1 rings (SSSR count). The number of aryl methyl sites for hydroxylation is 1. The number of methoxy groups -OCH3 is 1. The van der Waals surface area contributed by atoms with Crippen molar-refractivity contribution in [3.63, 3.8) is 0 Å². The molecule has 1 aromatic rings. The maximum atomic E-state index is 5.99. The Morgan fingerprint density at radius 1 is 1.32 bits per heavy atom. The highest BCUT2D eigenvalue weighted by atomic mass is 16.5. The van der Waals surface area contributed by atoms with Gasteiger partial charge in [-0.3, -0.25) is 0 Å². The van der Waals surface area contributed by atoms with Crippen LogP contribution < -0.4 is 10.5 Å². The molecule has 0 amide bonds. The Kier molecular flexibility index (Phi) is 5.83. The minimum atomic E-state index is -0.0580. The van der Waals surface area contributed by atoms with E-state index in [-0.39, 0.29) is 5.54 Å². The molecule has 3 nitrogen and oxygen atoms in total. The van der Waals surface area contributed by atoms with Crippen LogP contribution in [0.4, 0.5) is 0 Å². The fourth-order valence-corrected chi connectivity index (χ4v) is 2.23. The minimum Gasteiger partial charge on any atom is -0.496 e. The van der Waals surface area contributed by atoms with Crippen LogP contribution >= 0.6 is 0 Å². The minimum absolute atomic E-state index is 0.0580. The Morgan fingerprint density at radius 2 is 2.00 bits per heavy atom. The molecule has 0 saturated heterocycles. The van der Waals surface area contributed by atoms with Crippen molar-refractivity contribution in [2.24, 2.45) is 5.73 Å². The van der Waals surface area contributed by atoms with Crippen LogP contribution in [0.3, 0.4) is 0 Å². The lowest BCUT2D eigenvalue weighted by Gasteiger charge is -2.22. The molecule has 0 unspecified atom stereocenters. The fourth-order valence-electron chi connectivity index (χ4n) is 2.23. The van der Waals surface area contributed by atoms with E-state index in [0.717, 1.165) is 31.7 Å². The van der Waals surface area contributed by atoms with E-state index in [1.807, 2.05) is 6.07 Å². The average molecular weight is 264 g/mol. The van der Waals surface area contributed by atoms with Gasteiger partial charge < -0.3 is 15.4 Å². The lowest BCUT2D eigenvalue weighted by molar-refractivity contribution is 0.303. The largest absolute Gasteiger partial charge is 0.496 e. The number of ether oxygens (including phenoxy) is 1. The maximum absolute atomic E-state index is 5.99. The van der Waals surface area contributed by atoms with E-state index in [2.05, 4.69) is 44.9 Å². The zero-order valence-corrected chi connectivity index (χ0v) is 13.0. The van der Waals surface area contributed by atoms with E-state index in [0.29, 0.717) is 0 Å². The number of nitrogens with zero attached hydrogens (tertiary/aromatic N) is 1. The lowest BCUT2D eigenvalue weighted by Crippen LogP contribution is -2.33. The van der Waals surface area contributed by atoms with Crippen molar-refractivity contribution >= 4 is 0 Å². The zero-order chi connectivity index (χ0) is 14.5. The van der Waals surface area contributed by atoms with Crippen molar-refractivity contribution in [1.29, 1.82) is 0 Å². The van der Waals surface area contributed by atoms with Crippen LogP contribution in [0.25, 0.3) is 0 Å². The highest BCUT2D eigenvalue weighted by Gasteiger charge is 2.10. The third-order valence-electron chi connectivity index (χ3n) is 3.27. The molecule has 0 bridgehead atoms. The normalized spacial score (nSPS) is 11.9. The molecule has 0 aliphatic rings. The molecule has 0 saturated carbocycles. The average Bonchev–Trinajstić information content (AvgIpc) is 2.27. The van der Waals surface area contributed by atoms with Gasteiger partial charge in [-0.05, 0) is 64.4 Å². The number of hydrogen-bond acceptors (Lipinski definition) is 3. The maximum Gasteiger partial charge on any atom is 0.121 e. The Balaban J connectivity index is 2.44. The van der Waals surface area contributed by atoms with Crippen LogP contribution in [0.15, 0.2) is 18.2 Å². The molecular weight excluding hydrogens is 236 g/mol. The predicted octanol–water partition coefficient (Wildman–Crippen LogP) is 2.95. The Bertz CT molecular complexity index is 396. The molecule has 19 heavy (non-hydrogen) atoms. The van der Waals surface area contributed by atoms with E-state index < -0.39 is 0 Å². The van der Waals surface area contributed by atoms with Gasteiger partial charge in [-0.1, -0.05) is 12.1 Å². The summed E-state index contributed by atoms with van der Waals surface area (Å²) in [5.74, 6) is 0.955. The number of nitrogens with two attached hydrogens (primary N) is 1. The molecule has 1 aromatic carbocycles. The van der Waals surface area contributed by atoms with Gasteiger partial charge in [-0.15, -0.1) is 0 Å². The third-order valence-corrected chi connectivity index (χ3v) is 3.27. The second kappa shape index (κ2) is 6.92. The van der Waals surface area contributed by atoms with Crippen LogP contribution in [0.5, 0.6) is 5.75 Å². The van der Waals surface area contributed by atoms with E-state index in [1.54, 1.807) is 7.11 Å². The Morgan fingerprint density at radius 3 is 2.53 bits per heavy atom. The summed E-state index contributed by atoms with van der Waals surface area (Å²) in [4.78, 5) is 2.34. The second-order valence-electron chi connectivity index (χ2n) is 6.13. The van der Waals surface area contributed by atoms with E-state index in [4.69, 9.17) is 10.5 Å². The summed E-state index contributed by atoms with van der Waals surface area (Å²) in [6.07, 6.45) is 2.19. The summed E-state index contributed by atoms with van der Waals surface area (Å²) >= 11 is 0. The molecule has 0 aliphatic carbocycles. The molecule has 2 N–H and O–H groups in total. The first-order valence-corrected chi connectivity index (χ1v) is 6.93. The van der Waals surface area contributed by atoms with Crippen LogP contribution in [-0.4, -0.2) is 31.1 Å². The molecule has 0 aromatic heterocycles. The first-order valence-electron chi connectivity index (χ1n) is 6.93. The quantitative estimate of drug-likeness (QED) is 0.823. The SMILES string of the molecule is COc1ccc(CN(C)CCCC(C)(C)N)cc1C. The molecule has 0 spiro atoms. The van der Waals surface area contributed by atoms with Gasteiger partial charge in [-0.2, -0.15) is 0 Å². The van der Waals surface area contributed by atoms with E-state index in [9.17, 15) is 0 Å². The van der Waals surface area contributed by atoms with Gasteiger partial charge in [0, 0.05) is 12.1 Å². The summed E-state index contributed by atoms with van der Waals surface area (Å²) in [5, 5.41) is 0. The summed E-state index contributed by atoms with van der Waals surface area (Å²) in [7, 11) is 3.87. The van der Waals surface area contributed by atoms with Gasteiger partial charge in [0.1, 0.15) is 5.75 Å². The molecule has 0 radical (unpaired) electrons. The summed E-state index contributed by atoms with van der Waals surface area (Å²) in [6.45, 7) is 8.29. The molecule has 0 heterocycles. The van der Waals surface area contributed by atoms with Crippen LogP contribution in [-0.2, 0) is 6.54 Å². The highest BCUT2D eigenvalue weighted by Crippen LogP contribution is 2.19. The number of hydrogen-bond donors (Lipinski definition) is 1. The first kappa shape index (κ1) is 16.0. The summed E-state index contributed by atoms with van der Waals surface area (Å²) in [6, 6.07) is 6.37. The van der Waals surface area contributed by atoms with Gasteiger partial charge in [-0.25, -0.2) is 0 Å². The van der Waals surface area contributed by atoms with Crippen molar-refractivity contribution in [1.82, 2.24) is 4.90 Å². The molecule has 3 heteroatoms. The number of rotatable bonds is 7. The van der Waals surface area contributed by atoms with Crippen LogP contribution in [0, 0.1) is 6.92 Å². The topological polar surface area (TPSA) is 38.5 Å². The Hall–Kier alpha value is -1.06. The molecule has 108 valence electrons. The summed E-state index contributed by atoms with van der Waals surface area (Å²) < 4.78 is 5.28. The smallest absolute Gasteiger partial charge is 0.121 e. The lowest BCUT2D eigenvalue weighted by atomic mass is 10.00. The van der Waals surface area contributed by atoms with E-state index in [1.165, 1.54) is 11.1 Å². The Labute approximate surface area is 117 Å². The predicted molar refractivity (Wildman–Crippen MR) is 81.6 cm³/mol. The van der Waals surface area contributed by atoms with Crippen LogP contribution in [0.1, 0.15) is 37.8 Å². The second-order valence-corrected chi connectivity index (χ2v) is 6.13. The first-order chi connectivity index (χ1) is 8.81. The van der Waals surface area contributed by atoms with Gasteiger partial charge >= 0.3 is 0 Å². The standard InChI is InChI=1S/C16H28N2O/c1-13-11-14(7-8-15(13)19-5)12-18(4)10-6-9-16(2,3)17/h7-8,11H,6,9-10,12,17H2,1-5H3. The van der Waals surface area contributed by atoms with Gasteiger partial charge in [0.25, 0.3) is 0 Å². The van der Waals surface area contributed by atoms with Gasteiger partial charge in [0.05, 0.1) is 7.11 Å².